The molecule has 0 aliphatic carbocycles. The Kier molecular flexibility index (Phi) is 4.56. The number of amides is 2. The number of hydrogen-bond donors (Lipinski definition) is 1. The highest BCUT2D eigenvalue weighted by atomic mass is 16.6. The summed E-state index contributed by atoms with van der Waals surface area (Å²) in [6, 6.07) is 6.90. The molecule has 2 aliphatic heterocycles. The first-order valence-corrected chi connectivity index (χ1v) is 9.19. The Labute approximate surface area is 172 Å². The number of hydrogen-bond acceptors (Lipinski definition) is 7. The molecule has 10 nitrogen and oxygen atoms in total. The number of nitrogens with zero attached hydrogens (tertiary/aromatic N) is 2. The number of carbonyl (C=O) groups is 1. The van der Waals surface area contributed by atoms with Gasteiger partial charge in [-0.05, 0) is 13.0 Å². The van der Waals surface area contributed by atoms with Gasteiger partial charge in [0.1, 0.15) is 5.75 Å². The van der Waals surface area contributed by atoms with Gasteiger partial charge in [-0.1, -0.05) is 0 Å². The van der Waals surface area contributed by atoms with Crippen LogP contribution in [0.3, 0.4) is 0 Å². The standard InChI is InChI=1S/C20H21N3O7/c1-20-10-14(13-7-11(23(25)26)5-6-15(13)30-20)21-19(24)22(20)12-8-16(27-2)18(29-4)17(9-12)28-3/h5-9,14H,10H2,1-4H3,(H,21,24)/t14-,20+/m1/s1. The number of anilines is 1. The Morgan fingerprint density at radius 2 is 1.83 bits per heavy atom. The second kappa shape index (κ2) is 6.97. The van der Waals surface area contributed by atoms with Crippen molar-refractivity contribution in [3.8, 4) is 23.0 Å². The summed E-state index contributed by atoms with van der Waals surface area (Å²) in [6.07, 6.45) is 0.392. The summed E-state index contributed by atoms with van der Waals surface area (Å²) < 4.78 is 22.4. The van der Waals surface area contributed by atoms with E-state index in [1.807, 2.05) is 0 Å². The summed E-state index contributed by atoms with van der Waals surface area (Å²) in [5.74, 6) is 1.69. The third-order valence-electron chi connectivity index (χ3n) is 5.37. The number of urea groups is 1. The number of ether oxygens (including phenoxy) is 4. The van der Waals surface area contributed by atoms with Crippen LogP contribution in [0.1, 0.15) is 24.9 Å². The van der Waals surface area contributed by atoms with E-state index in [0.717, 1.165) is 0 Å². The minimum absolute atomic E-state index is 0.0535. The summed E-state index contributed by atoms with van der Waals surface area (Å²) >= 11 is 0. The Morgan fingerprint density at radius 1 is 1.17 bits per heavy atom. The van der Waals surface area contributed by atoms with Crippen molar-refractivity contribution >= 4 is 17.4 Å². The molecule has 158 valence electrons. The van der Waals surface area contributed by atoms with Crippen molar-refractivity contribution in [2.45, 2.75) is 25.1 Å². The highest BCUT2D eigenvalue weighted by Crippen LogP contribution is 2.49. The zero-order valence-corrected chi connectivity index (χ0v) is 16.9. The fourth-order valence-corrected chi connectivity index (χ4v) is 4.06. The van der Waals surface area contributed by atoms with Gasteiger partial charge in [0.15, 0.2) is 17.2 Å². The lowest BCUT2D eigenvalue weighted by atomic mass is 9.90. The smallest absolute Gasteiger partial charge is 0.325 e. The fraction of sp³-hybridized carbons (Fsp3) is 0.350. The van der Waals surface area contributed by atoms with Crippen LogP contribution in [-0.2, 0) is 0 Å². The molecule has 2 aromatic carbocycles. The molecule has 1 N–H and O–H groups in total. The maximum Gasteiger partial charge on any atom is 0.325 e. The normalized spacial score (nSPS) is 21.8. The van der Waals surface area contributed by atoms with Crippen LogP contribution in [0.15, 0.2) is 30.3 Å². The monoisotopic (exact) mass is 415 g/mol. The largest absolute Gasteiger partial charge is 0.493 e. The highest BCUT2D eigenvalue weighted by Gasteiger charge is 2.50. The van der Waals surface area contributed by atoms with Gasteiger partial charge in [0, 0.05) is 36.2 Å². The minimum atomic E-state index is -1.03. The van der Waals surface area contributed by atoms with E-state index in [-0.39, 0.29) is 5.69 Å². The second-order valence-electron chi connectivity index (χ2n) is 7.18. The molecule has 4 rings (SSSR count). The van der Waals surface area contributed by atoms with Crippen molar-refractivity contribution in [3.05, 3.63) is 46.0 Å². The molecule has 2 aliphatic rings. The molecule has 2 heterocycles. The molecule has 0 unspecified atom stereocenters. The zero-order chi connectivity index (χ0) is 21.6. The van der Waals surface area contributed by atoms with E-state index < -0.39 is 22.7 Å². The van der Waals surface area contributed by atoms with Gasteiger partial charge in [-0.15, -0.1) is 0 Å². The van der Waals surface area contributed by atoms with Crippen molar-refractivity contribution in [1.82, 2.24) is 5.32 Å². The molecule has 30 heavy (non-hydrogen) atoms. The van der Waals surface area contributed by atoms with E-state index in [1.54, 1.807) is 25.1 Å². The molecule has 0 radical (unpaired) electrons. The van der Waals surface area contributed by atoms with Gasteiger partial charge in [-0.2, -0.15) is 0 Å². The summed E-state index contributed by atoms with van der Waals surface area (Å²) in [5.41, 5.74) is -0.00376. The second-order valence-corrected chi connectivity index (χ2v) is 7.18. The fourth-order valence-electron chi connectivity index (χ4n) is 4.06. The van der Waals surface area contributed by atoms with Crippen LogP contribution in [0.4, 0.5) is 16.2 Å². The first kappa shape index (κ1) is 19.6. The molecule has 0 aromatic heterocycles. The van der Waals surface area contributed by atoms with Crippen LogP contribution >= 0.6 is 0 Å². The van der Waals surface area contributed by atoms with Gasteiger partial charge in [-0.25, -0.2) is 4.79 Å². The predicted octanol–water partition coefficient (Wildman–Crippen LogP) is 3.39. The molecule has 2 aromatic rings. The first-order valence-electron chi connectivity index (χ1n) is 9.19. The van der Waals surface area contributed by atoms with Crippen LogP contribution in [-0.4, -0.2) is 38.0 Å². The number of nitro groups is 1. The van der Waals surface area contributed by atoms with E-state index in [4.69, 9.17) is 18.9 Å². The average Bonchev–Trinajstić information content (AvgIpc) is 2.71. The van der Waals surface area contributed by atoms with Crippen LogP contribution in [0, 0.1) is 10.1 Å². The zero-order valence-electron chi connectivity index (χ0n) is 16.9. The van der Waals surface area contributed by atoms with Crippen LogP contribution < -0.4 is 29.2 Å². The SMILES string of the molecule is COc1cc(N2C(=O)N[C@@H]3C[C@]2(C)Oc2ccc([N+](=O)[O-])cc23)cc(OC)c1OC. The molecule has 2 amide bonds. The number of non-ortho nitro benzene ring substituents is 1. The lowest BCUT2D eigenvalue weighted by Gasteiger charge is -2.50. The number of fused-ring (bicyclic) bond motifs is 4. The van der Waals surface area contributed by atoms with Crippen molar-refractivity contribution in [2.75, 3.05) is 26.2 Å². The van der Waals surface area contributed by atoms with Gasteiger partial charge in [-0.3, -0.25) is 15.0 Å². The van der Waals surface area contributed by atoms with E-state index in [0.29, 0.717) is 40.7 Å². The predicted molar refractivity (Wildman–Crippen MR) is 107 cm³/mol. The van der Waals surface area contributed by atoms with Crippen molar-refractivity contribution in [3.63, 3.8) is 0 Å². The summed E-state index contributed by atoms with van der Waals surface area (Å²) in [7, 11) is 4.49. The quantitative estimate of drug-likeness (QED) is 0.588. The van der Waals surface area contributed by atoms with Crippen molar-refractivity contribution < 1.29 is 28.7 Å². The van der Waals surface area contributed by atoms with Crippen molar-refractivity contribution in [1.29, 1.82) is 0 Å². The molecule has 10 heteroatoms. The van der Waals surface area contributed by atoms with E-state index in [9.17, 15) is 14.9 Å². The summed E-state index contributed by atoms with van der Waals surface area (Å²) in [4.78, 5) is 25.2. The number of rotatable bonds is 5. The lowest BCUT2D eigenvalue weighted by molar-refractivity contribution is -0.385. The van der Waals surface area contributed by atoms with E-state index in [2.05, 4.69) is 5.32 Å². The number of carbonyl (C=O) groups excluding carboxylic acids is 1. The minimum Gasteiger partial charge on any atom is -0.493 e. The number of benzene rings is 2. The first-order chi connectivity index (χ1) is 14.3. The molecule has 0 saturated carbocycles. The topological polar surface area (TPSA) is 112 Å². The van der Waals surface area contributed by atoms with E-state index >= 15 is 0 Å². The van der Waals surface area contributed by atoms with Gasteiger partial charge < -0.3 is 24.3 Å². The molecule has 1 saturated heterocycles. The van der Waals surface area contributed by atoms with Crippen LogP contribution in [0.5, 0.6) is 23.0 Å². The maximum absolute atomic E-state index is 13.1. The van der Waals surface area contributed by atoms with Gasteiger partial charge in [0.2, 0.25) is 5.75 Å². The maximum atomic E-state index is 13.1. The Hall–Kier alpha value is -3.69. The Bertz CT molecular complexity index is 1020. The van der Waals surface area contributed by atoms with Crippen LogP contribution in [0.2, 0.25) is 0 Å². The Morgan fingerprint density at radius 3 is 2.40 bits per heavy atom. The lowest BCUT2D eigenvalue weighted by Crippen LogP contribution is -2.65. The third-order valence-corrected chi connectivity index (χ3v) is 5.37. The number of nitrogens with one attached hydrogen (secondary N) is 1. The van der Waals surface area contributed by atoms with Crippen molar-refractivity contribution in [2.24, 2.45) is 0 Å². The Balaban J connectivity index is 1.80. The molecule has 2 atom stereocenters. The number of nitro benzene ring substituents is 1. The summed E-state index contributed by atoms with van der Waals surface area (Å²) in [6.45, 7) is 1.80. The molecular weight excluding hydrogens is 394 g/mol. The van der Waals surface area contributed by atoms with Crippen LogP contribution in [0.25, 0.3) is 0 Å². The third kappa shape index (κ3) is 2.92. The molecule has 0 spiro atoms. The van der Waals surface area contributed by atoms with Gasteiger partial charge >= 0.3 is 6.03 Å². The molecule has 1 fully saturated rings. The highest BCUT2D eigenvalue weighted by molar-refractivity contribution is 5.95. The van der Waals surface area contributed by atoms with Gasteiger partial charge in [0.25, 0.3) is 5.69 Å². The average molecular weight is 415 g/mol. The molecular formula is C20H21N3O7. The molecule has 2 bridgehead atoms. The number of methoxy groups -OCH3 is 3. The van der Waals surface area contributed by atoms with Gasteiger partial charge in [0.05, 0.1) is 38.0 Å². The van der Waals surface area contributed by atoms with E-state index in [1.165, 1.54) is 38.4 Å². The summed E-state index contributed by atoms with van der Waals surface area (Å²) in [5, 5.41) is 14.1.